The van der Waals surface area contributed by atoms with E-state index in [1.54, 1.807) is 0 Å². The molecule has 0 radical (unpaired) electrons. The molecule has 1 unspecified atom stereocenters. The monoisotopic (exact) mass is 392 g/mol. The van der Waals surface area contributed by atoms with Gasteiger partial charge in [-0.3, -0.25) is 4.99 Å². The number of aryl methyl sites for hydroxylation is 1. The van der Waals surface area contributed by atoms with Gasteiger partial charge in [-0.15, -0.1) is 11.3 Å². The van der Waals surface area contributed by atoms with Gasteiger partial charge in [0.05, 0.1) is 6.54 Å². The molecule has 1 atom stereocenters. The maximum absolute atomic E-state index is 4.90. The Balaban J connectivity index is 1.58. The zero-order chi connectivity index (χ0) is 18.4. The minimum Gasteiger partial charge on any atom is -0.357 e. The van der Waals surface area contributed by atoms with Crippen LogP contribution in [0.4, 0.5) is 5.13 Å². The van der Waals surface area contributed by atoms with Gasteiger partial charge in [0, 0.05) is 61.5 Å². The molecule has 0 bridgehead atoms. The molecule has 1 N–H and O–H groups in total. The van der Waals surface area contributed by atoms with E-state index < -0.39 is 0 Å². The number of hydrogen-bond acceptors (Lipinski definition) is 6. The van der Waals surface area contributed by atoms with Gasteiger partial charge in [-0.25, -0.2) is 4.98 Å². The second kappa shape index (κ2) is 9.32. The van der Waals surface area contributed by atoms with Crippen molar-refractivity contribution < 1.29 is 0 Å². The Labute approximate surface area is 164 Å². The van der Waals surface area contributed by atoms with E-state index in [1.165, 1.54) is 16.4 Å². The molecule has 8 heteroatoms. The molecule has 1 aliphatic heterocycles. The van der Waals surface area contributed by atoms with Gasteiger partial charge in [0.25, 0.3) is 0 Å². The third-order valence-corrected chi connectivity index (χ3v) is 6.42. The van der Waals surface area contributed by atoms with Crippen LogP contribution in [0.25, 0.3) is 0 Å². The first kappa shape index (κ1) is 19.1. The van der Waals surface area contributed by atoms with Crippen molar-refractivity contribution in [1.82, 2.24) is 19.6 Å². The molecule has 3 rings (SSSR count). The smallest absolute Gasteiger partial charge is 0.205 e. The summed E-state index contributed by atoms with van der Waals surface area (Å²) in [5.74, 6) is 2.44. The van der Waals surface area contributed by atoms with E-state index in [0.717, 1.165) is 62.6 Å². The quantitative estimate of drug-likeness (QED) is 0.605. The van der Waals surface area contributed by atoms with Crippen LogP contribution in [0.15, 0.2) is 22.5 Å². The van der Waals surface area contributed by atoms with Crippen LogP contribution in [0.5, 0.6) is 0 Å². The number of nitrogens with one attached hydrogen (secondary N) is 1. The Hall–Kier alpha value is -1.67. The van der Waals surface area contributed by atoms with Gasteiger partial charge in [-0.1, -0.05) is 19.9 Å². The van der Waals surface area contributed by atoms with Crippen LogP contribution < -0.4 is 10.2 Å². The lowest BCUT2D eigenvalue weighted by Gasteiger charge is -2.36. The van der Waals surface area contributed by atoms with E-state index in [4.69, 9.17) is 4.99 Å². The summed E-state index contributed by atoms with van der Waals surface area (Å²) >= 11 is 3.33. The summed E-state index contributed by atoms with van der Waals surface area (Å²) < 4.78 is 4.41. The Bertz CT molecular complexity index is 688. The molecule has 0 amide bonds. The van der Waals surface area contributed by atoms with Gasteiger partial charge in [0.2, 0.25) is 5.13 Å². The Morgan fingerprint density at radius 2 is 2.12 bits per heavy atom. The summed E-state index contributed by atoms with van der Waals surface area (Å²) in [6.45, 7) is 12.0. The highest BCUT2D eigenvalue weighted by molar-refractivity contribution is 7.10. The molecule has 1 saturated heterocycles. The maximum Gasteiger partial charge on any atom is 0.205 e. The molecule has 0 aliphatic carbocycles. The van der Waals surface area contributed by atoms with Crippen molar-refractivity contribution >= 4 is 34.0 Å². The molecule has 2 aromatic rings. The van der Waals surface area contributed by atoms with Gasteiger partial charge in [0.1, 0.15) is 5.82 Å². The minimum atomic E-state index is 0.457. The lowest BCUT2D eigenvalue weighted by Crippen LogP contribution is -2.52. The van der Waals surface area contributed by atoms with E-state index in [-0.39, 0.29) is 0 Å². The Morgan fingerprint density at radius 3 is 2.73 bits per heavy atom. The van der Waals surface area contributed by atoms with Crippen LogP contribution in [0.3, 0.4) is 0 Å². The summed E-state index contributed by atoms with van der Waals surface area (Å²) in [4.78, 5) is 15.6. The fraction of sp³-hybridized carbons (Fsp3) is 0.611. The van der Waals surface area contributed by atoms with Crippen LogP contribution in [0, 0.1) is 0 Å². The molecule has 1 fully saturated rings. The summed E-state index contributed by atoms with van der Waals surface area (Å²) in [5.41, 5.74) is 0. The van der Waals surface area contributed by atoms with Crippen molar-refractivity contribution in [2.24, 2.45) is 4.99 Å². The largest absolute Gasteiger partial charge is 0.357 e. The molecular weight excluding hydrogens is 364 g/mol. The number of aliphatic imine (C=N–C) groups is 1. The van der Waals surface area contributed by atoms with Gasteiger partial charge in [-0.2, -0.15) is 4.37 Å². The number of rotatable bonds is 6. The summed E-state index contributed by atoms with van der Waals surface area (Å²) in [6, 6.07) is 4.31. The standard InChI is InChI=1S/C18H28N6S2/c1-4-16-21-18(26-22-16)24-10-8-23(9-11-24)17(19-5-2)20-13-14(3)15-7-6-12-25-15/h6-7,12,14H,4-5,8-11,13H2,1-3H3,(H,19,20). The molecule has 142 valence electrons. The predicted molar refractivity (Wildman–Crippen MR) is 112 cm³/mol. The van der Waals surface area contributed by atoms with E-state index in [9.17, 15) is 0 Å². The fourth-order valence-electron chi connectivity index (χ4n) is 2.94. The number of aromatic nitrogens is 2. The second-order valence-corrected chi connectivity index (χ2v) is 8.14. The summed E-state index contributed by atoms with van der Waals surface area (Å²) in [6.07, 6.45) is 0.899. The van der Waals surface area contributed by atoms with Crippen molar-refractivity contribution in [1.29, 1.82) is 0 Å². The minimum absolute atomic E-state index is 0.457. The molecule has 26 heavy (non-hydrogen) atoms. The third kappa shape index (κ3) is 4.73. The van der Waals surface area contributed by atoms with Gasteiger partial charge in [-0.05, 0) is 18.4 Å². The maximum atomic E-state index is 4.90. The molecule has 0 aromatic carbocycles. The average molecular weight is 393 g/mol. The van der Waals surface area contributed by atoms with Crippen molar-refractivity contribution in [3.05, 3.63) is 28.2 Å². The molecule has 3 heterocycles. The van der Waals surface area contributed by atoms with Crippen molar-refractivity contribution in [3.63, 3.8) is 0 Å². The van der Waals surface area contributed by atoms with E-state index in [2.05, 4.69) is 62.8 Å². The third-order valence-electron chi connectivity index (χ3n) is 4.50. The highest BCUT2D eigenvalue weighted by Gasteiger charge is 2.22. The van der Waals surface area contributed by atoms with E-state index in [0.29, 0.717) is 5.92 Å². The molecule has 6 nitrogen and oxygen atoms in total. The van der Waals surface area contributed by atoms with Crippen LogP contribution >= 0.6 is 22.9 Å². The Morgan fingerprint density at radius 1 is 1.31 bits per heavy atom. The molecular formula is C18H28N6S2. The Kier molecular flexibility index (Phi) is 6.85. The van der Waals surface area contributed by atoms with Crippen molar-refractivity contribution in [3.8, 4) is 0 Å². The average Bonchev–Trinajstić information content (AvgIpc) is 3.37. The predicted octanol–water partition coefficient (Wildman–Crippen LogP) is 3.05. The first-order valence-electron chi connectivity index (χ1n) is 9.35. The highest BCUT2D eigenvalue weighted by Crippen LogP contribution is 2.21. The van der Waals surface area contributed by atoms with Crippen molar-refractivity contribution in [2.75, 3.05) is 44.2 Å². The van der Waals surface area contributed by atoms with Crippen LogP contribution in [-0.2, 0) is 6.42 Å². The molecule has 0 saturated carbocycles. The van der Waals surface area contributed by atoms with Crippen molar-refractivity contribution in [2.45, 2.75) is 33.1 Å². The number of nitrogens with zero attached hydrogens (tertiary/aromatic N) is 5. The number of anilines is 1. The zero-order valence-electron chi connectivity index (χ0n) is 15.8. The number of hydrogen-bond donors (Lipinski definition) is 1. The lowest BCUT2D eigenvalue weighted by atomic mass is 10.1. The number of piperazine rings is 1. The van der Waals surface area contributed by atoms with Crippen LogP contribution in [-0.4, -0.2) is 59.5 Å². The normalized spacial score (nSPS) is 16.8. The van der Waals surface area contributed by atoms with Gasteiger partial charge in [0.15, 0.2) is 5.96 Å². The molecule has 2 aromatic heterocycles. The molecule has 0 spiro atoms. The fourth-order valence-corrected chi connectivity index (χ4v) is 4.52. The second-order valence-electron chi connectivity index (χ2n) is 6.43. The first-order valence-corrected chi connectivity index (χ1v) is 11.0. The summed E-state index contributed by atoms with van der Waals surface area (Å²) in [5, 5.41) is 6.64. The number of thiophene rings is 1. The zero-order valence-corrected chi connectivity index (χ0v) is 17.4. The van der Waals surface area contributed by atoms with Gasteiger partial charge < -0.3 is 15.1 Å². The topological polar surface area (TPSA) is 56.7 Å². The number of guanidine groups is 1. The van der Waals surface area contributed by atoms with Crippen LogP contribution in [0.1, 0.15) is 37.4 Å². The van der Waals surface area contributed by atoms with E-state index in [1.807, 2.05) is 11.3 Å². The SMILES string of the molecule is CCNC(=NCC(C)c1cccs1)N1CCN(c2nc(CC)ns2)CC1. The van der Waals surface area contributed by atoms with Crippen LogP contribution in [0.2, 0.25) is 0 Å². The van der Waals surface area contributed by atoms with E-state index >= 15 is 0 Å². The molecule has 1 aliphatic rings. The lowest BCUT2D eigenvalue weighted by molar-refractivity contribution is 0.372. The van der Waals surface area contributed by atoms with Gasteiger partial charge >= 0.3 is 0 Å². The highest BCUT2D eigenvalue weighted by atomic mass is 32.1. The summed E-state index contributed by atoms with van der Waals surface area (Å²) in [7, 11) is 0. The first-order chi connectivity index (χ1) is 12.7.